The van der Waals surface area contributed by atoms with Gasteiger partial charge < -0.3 is 18.9 Å². The molecule has 3 aromatic rings. The monoisotopic (exact) mass is 546 g/mol. The van der Waals surface area contributed by atoms with Gasteiger partial charge in [0, 0.05) is 13.0 Å². The highest BCUT2D eigenvalue weighted by molar-refractivity contribution is 5.91. The van der Waals surface area contributed by atoms with Crippen LogP contribution in [0, 0.1) is 0 Å². The van der Waals surface area contributed by atoms with Crippen LogP contribution in [0.3, 0.4) is 0 Å². The van der Waals surface area contributed by atoms with Gasteiger partial charge >= 0.3 is 17.9 Å². The third kappa shape index (κ3) is 9.65. The van der Waals surface area contributed by atoms with Crippen molar-refractivity contribution in [2.45, 2.75) is 72.0 Å². The van der Waals surface area contributed by atoms with Crippen LogP contribution in [-0.4, -0.2) is 36.7 Å². The zero-order valence-corrected chi connectivity index (χ0v) is 23.7. The average molecular weight is 547 g/mol. The van der Waals surface area contributed by atoms with Gasteiger partial charge in [-0.1, -0.05) is 56.7 Å². The van der Waals surface area contributed by atoms with Gasteiger partial charge in [-0.05, 0) is 86.2 Å². The normalized spacial score (nSPS) is 12.3. The molecule has 3 rings (SSSR count). The lowest BCUT2D eigenvalue weighted by Gasteiger charge is -2.12. The third-order valence-electron chi connectivity index (χ3n) is 6.21. The molecule has 0 heterocycles. The Bertz CT molecular complexity index is 1230. The highest BCUT2D eigenvalue weighted by atomic mass is 16.6. The first-order valence-corrected chi connectivity index (χ1v) is 13.8. The molecule has 0 radical (unpaired) electrons. The predicted molar refractivity (Wildman–Crippen MR) is 153 cm³/mol. The Morgan fingerprint density at radius 1 is 0.725 bits per heavy atom. The van der Waals surface area contributed by atoms with Crippen LogP contribution >= 0.6 is 0 Å². The highest BCUT2D eigenvalue weighted by Crippen LogP contribution is 2.24. The molecule has 0 saturated carbocycles. The minimum absolute atomic E-state index is 0.0646. The molecule has 0 aliphatic heterocycles. The first-order valence-electron chi connectivity index (χ1n) is 13.8. The Hall–Kier alpha value is -3.97. The van der Waals surface area contributed by atoms with E-state index in [2.05, 4.69) is 6.92 Å². The molecule has 0 aliphatic carbocycles. The first-order chi connectivity index (χ1) is 19.3. The fourth-order valence-corrected chi connectivity index (χ4v) is 3.96. The number of benzene rings is 3. The maximum absolute atomic E-state index is 12.6. The third-order valence-corrected chi connectivity index (χ3v) is 6.21. The number of hydrogen-bond donors (Lipinski definition) is 0. The van der Waals surface area contributed by atoms with Crippen molar-refractivity contribution >= 4 is 17.9 Å². The summed E-state index contributed by atoms with van der Waals surface area (Å²) in [5.41, 5.74) is 3.20. The summed E-state index contributed by atoms with van der Waals surface area (Å²) in [5.74, 6) is -0.239. The summed E-state index contributed by atoms with van der Waals surface area (Å²) in [7, 11) is 0. The van der Waals surface area contributed by atoms with Gasteiger partial charge in [-0.3, -0.25) is 4.79 Å². The molecule has 1 unspecified atom stereocenters. The quantitative estimate of drug-likeness (QED) is 0.160. The van der Waals surface area contributed by atoms with Gasteiger partial charge in [0.25, 0.3) is 0 Å². The van der Waals surface area contributed by atoms with Crippen LogP contribution in [0.15, 0.2) is 72.8 Å². The summed E-state index contributed by atoms with van der Waals surface area (Å²) in [4.78, 5) is 36.7. The summed E-state index contributed by atoms with van der Waals surface area (Å²) in [5, 5.41) is 0. The van der Waals surface area contributed by atoms with E-state index < -0.39 is 18.0 Å². The van der Waals surface area contributed by atoms with Crippen LogP contribution in [-0.2, 0) is 25.5 Å². The van der Waals surface area contributed by atoms with Crippen LogP contribution < -0.4 is 9.47 Å². The summed E-state index contributed by atoms with van der Waals surface area (Å²) < 4.78 is 21.7. The molecule has 40 heavy (non-hydrogen) atoms. The second-order valence-electron chi connectivity index (χ2n) is 9.66. The van der Waals surface area contributed by atoms with Crippen molar-refractivity contribution in [1.82, 2.24) is 0 Å². The number of aryl methyl sites for hydroxylation is 1. The molecule has 7 nitrogen and oxygen atoms in total. The van der Waals surface area contributed by atoms with Crippen molar-refractivity contribution in [3.05, 3.63) is 83.9 Å². The van der Waals surface area contributed by atoms with E-state index in [9.17, 15) is 14.4 Å². The molecule has 7 heteroatoms. The Kier molecular flexibility index (Phi) is 11.9. The Labute approximate surface area is 236 Å². The molecule has 0 saturated heterocycles. The van der Waals surface area contributed by atoms with E-state index in [-0.39, 0.29) is 12.1 Å². The predicted octanol–water partition coefficient (Wildman–Crippen LogP) is 6.96. The number of esters is 3. The van der Waals surface area contributed by atoms with E-state index in [1.807, 2.05) is 50.2 Å². The summed E-state index contributed by atoms with van der Waals surface area (Å²) in [6.45, 7) is 8.12. The number of rotatable bonds is 14. The van der Waals surface area contributed by atoms with Gasteiger partial charge in [-0.15, -0.1) is 0 Å². The molecule has 0 fully saturated rings. The fraction of sp³-hybridized carbons (Fsp3) is 0.364. The number of hydrogen-bond acceptors (Lipinski definition) is 7. The van der Waals surface area contributed by atoms with E-state index in [4.69, 9.17) is 18.9 Å². The van der Waals surface area contributed by atoms with Crippen LogP contribution in [0.25, 0.3) is 11.1 Å². The zero-order chi connectivity index (χ0) is 28.9. The summed E-state index contributed by atoms with van der Waals surface area (Å²) in [6, 6.07) is 21.3. The minimum Gasteiger partial charge on any atom is -0.463 e. The molecule has 0 spiro atoms. The van der Waals surface area contributed by atoms with Gasteiger partial charge in [-0.25, -0.2) is 9.59 Å². The van der Waals surface area contributed by atoms with Gasteiger partial charge in [0.1, 0.15) is 11.5 Å². The largest absolute Gasteiger partial charge is 0.463 e. The van der Waals surface area contributed by atoms with Crippen molar-refractivity contribution in [1.29, 1.82) is 0 Å². The molecular weight excluding hydrogens is 508 g/mol. The average Bonchev–Trinajstić information content (AvgIpc) is 2.96. The second-order valence-corrected chi connectivity index (χ2v) is 9.66. The topological polar surface area (TPSA) is 88.1 Å². The van der Waals surface area contributed by atoms with Crippen LogP contribution in [0.1, 0.15) is 69.3 Å². The van der Waals surface area contributed by atoms with Crippen molar-refractivity contribution in [2.24, 2.45) is 0 Å². The summed E-state index contributed by atoms with van der Waals surface area (Å²) in [6.07, 6.45) is 2.83. The maximum atomic E-state index is 12.6. The Balaban J connectivity index is 1.50. The molecule has 3 aromatic carbocycles. The van der Waals surface area contributed by atoms with Gasteiger partial charge in [0.05, 0.1) is 11.7 Å². The number of carbonyl (C=O) groups is 3. The molecule has 0 N–H and O–H groups in total. The summed E-state index contributed by atoms with van der Waals surface area (Å²) >= 11 is 0. The van der Waals surface area contributed by atoms with Gasteiger partial charge in [0.15, 0.2) is 6.10 Å². The standard InChI is InChI=1S/C33H38O7/c1-5-7-23(3)38-31(34)21-10-25-8-17-29(18-9-25)40-33(36)28-13-11-26(12-14-28)27-15-19-30(20-16-27)39-32(35)24(4)37-22-6-2/h8-9,11-20,23-24H,5-7,10,21-22H2,1-4H3/t23-,24?/m0/s1. The maximum Gasteiger partial charge on any atom is 0.343 e. The Morgan fingerprint density at radius 3 is 1.90 bits per heavy atom. The molecule has 212 valence electrons. The van der Waals surface area contributed by atoms with E-state index in [0.29, 0.717) is 36.5 Å². The Morgan fingerprint density at radius 2 is 1.30 bits per heavy atom. The lowest BCUT2D eigenvalue weighted by Crippen LogP contribution is -2.26. The lowest BCUT2D eigenvalue weighted by molar-refractivity contribution is -0.148. The van der Waals surface area contributed by atoms with E-state index >= 15 is 0 Å². The van der Waals surface area contributed by atoms with Crippen molar-refractivity contribution < 1.29 is 33.3 Å². The van der Waals surface area contributed by atoms with E-state index in [1.54, 1.807) is 43.3 Å². The molecule has 0 aliphatic rings. The SMILES string of the molecule is CCCOC(C)C(=O)Oc1ccc(-c2ccc(C(=O)Oc3ccc(CCC(=O)O[C@@H](C)CCC)cc3)cc2)cc1. The second kappa shape index (κ2) is 15.6. The smallest absolute Gasteiger partial charge is 0.343 e. The van der Waals surface area contributed by atoms with E-state index in [1.165, 1.54) is 0 Å². The molecular formula is C33H38O7. The first kappa shape index (κ1) is 30.6. The lowest BCUT2D eigenvalue weighted by atomic mass is 10.0. The van der Waals surface area contributed by atoms with Crippen LogP contribution in [0.5, 0.6) is 11.5 Å². The highest BCUT2D eigenvalue weighted by Gasteiger charge is 2.16. The van der Waals surface area contributed by atoms with Crippen molar-refractivity contribution in [2.75, 3.05) is 6.61 Å². The van der Waals surface area contributed by atoms with Crippen LogP contribution in [0.4, 0.5) is 0 Å². The van der Waals surface area contributed by atoms with Crippen molar-refractivity contribution in [3.8, 4) is 22.6 Å². The van der Waals surface area contributed by atoms with Gasteiger partial charge in [0.2, 0.25) is 0 Å². The molecule has 0 aromatic heterocycles. The fourth-order valence-electron chi connectivity index (χ4n) is 3.96. The van der Waals surface area contributed by atoms with Crippen molar-refractivity contribution in [3.63, 3.8) is 0 Å². The molecule has 2 atom stereocenters. The molecule has 0 bridgehead atoms. The zero-order valence-electron chi connectivity index (χ0n) is 23.7. The van der Waals surface area contributed by atoms with Crippen LogP contribution in [0.2, 0.25) is 0 Å². The van der Waals surface area contributed by atoms with E-state index in [0.717, 1.165) is 36.0 Å². The number of carbonyl (C=O) groups excluding carboxylic acids is 3. The van der Waals surface area contributed by atoms with Gasteiger partial charge in [-0.2, -0.15) is 0 Å². The minimum atomic E-state index is -0.625. The number of ether oxygens (including phenoxy) is 4. The molecule has 0 amide bonds.